The van der Waals surface area contributed by atoms with E-state index in [1.165, 1.54) is 6.07 Å². The van der Waals surface area contributed by atoms with Gasteiger partial charge < -0.3 is 10.5 Å². The highest BCUT2D eigenvalue weighted by molar-refractivity contribution is 7.91. The molecule has 0 aliphatic carbocycles. The number of sulfonamides is 1. The normalized spacial score (nSPS) is 11.6. The molecule has 0 saturated heterocycles. The largest absolute Gasteiger partial charge is 0.389 e. The first-order chi connectivity index (χ1) is 7.97. The first-order valence-electron chi connectivity index (χ1n) is 4.85. The summed E-state index contributed by atoms with van der Waals surface area (Å²) >= 11 is 5.84. The fraction of sp³-hybridized carbons (Fsp3) is 0.444. The summed E-state index contributed by atoms with van der Waals surface area (Å²) in [5.41, 5.74) is 5.42. The van der Waals surface area contributed by atoms with E-state index in [0.29, 0.717) is 24.4 Å². The van der Waals surface area contributed by atoms with Crippen molar-refractivity contribution in [1.29, 1.82) is 0 Å². The molecule has 5 nitrogen and oxygen atoms in total. The summed E-state index contributed by atoms with van der Waals surface area (Å²) in [7, 11) is -1.88. The van der Waals surface area contributed by atoms with E-state index < -0.39 is 10.0 Å². The lowest BCUT2D eigenvalue weighted by Gasteiger charge is -2.03. The highest BCUT2D eigenvalue weighted by atomic mass is 32.2. The van der Waals surface area contributed by atoms with Gasteiger partial charge in [-0.15, -0.1) is 11.3 Å². The molecule has 8 heteroatoms. The van der Waals surface area contributed by atoms with Crippen LogP contribution in [0.4, 0.5) is 0 Å². The number of thiocarbonyl (C=S) groups is 1. The van der Waals surface area contributed by atoms with Crippen LogP contribution in [0, 0.1) is 0 Å². The van der Waals surface area contributed by atoms with Crippen LogP contribution in [0.15, 0.2) is 16.3 Å². The summed E-state index contributed by atoms with van der Waals surface area (Å²) in [6, 6.07) is 3.11. The summed E-state index contributed by atoms with van der Waals surface area (Å²) in [6.45, 7) is 0.863. The van der Waals surface area contributed by atoms with E-state index in [1.54, 1.807) is 13.2 Å². The molecular formula is C9H14N2O3S3. The van der Waals surface area contributed by atoms with Gasteiger partial charge in [-0.2, -0.15) is 0 Å². The molecule has 0 saturated carbocycles. The second kappa shape index (κ2) is 6.41. The number of hydrogen-bond donors (Lipinski definition) is 2. The van der Waals surface area contributed by atoms with Gasteiger partial charge in [0.2, 0.25) is 10.0 Å². The van der Waals surface area contributed by atoms with Gasteiger partial charge in [-0.3, -0.25) is 0 Å². The first-order valence-corrected chi connectivity index (χ1v) is 7.56. The minimum Gasteiger partial charge on any atom is -0.389 e. The monoisotopic (exact) mass is 294 g/mol. The zero-order chi connectivity index (χ0) is 12.9. The van der Waals surface area contributed by atoms with Crippen molar-refractivity contribution in [2.24, 2.45) is 5.73 Å². The average molecular weight is 294 g/mol. The second-order valence-electron chi connectivity index (χ2n) is 3.23. The van der Waals surface area contributed by atoms with Gasteiger partial charge in [0.25, 0.3) is 0 Å². The van der Waals surface area contributed by atoms with E-state index in [2.05, 4.69) is 4.72 Å². The fourth-order valence-electron chi connectivity index (χ4n) is 1.09. The summed E-state index contributed by atoms with van der Waals surface area (Å²) in [4.78, 5) is 0.799. The van der Waals surface area contributed by atoms with E-state index >= 15 is 0 Å². The smallest absolute Gasteiger partial charge is 0.250 e. The molecule has 1 heterocycles. The minimum atomic E-state index is -3.46. The van der Waals surface area contributed by atoms with Gasteiger partial charge in [0.1, 0.15) is 9.20 Å². The van der Waals surface area contributed by atoms with Crippen LogP contribution in [0.5, 0.6) is 0 Å². The Morgan fingerprint density at radius 3 is 2.82 bits per heavy atom. The predicted octanol–water partition coefficient (Wildman–Crippen LogP) is 0.697. The fourth-order valence-corrected chi connectivity index (χ4v) is 3.56. The molecule has 3 N–H and O–H groups in total. The van der Waals surface area contributed by atoms with Crippen molar-refractivity contribution in [1.82, 2.24) is 4.72 Å². The number of methoxy groups -OCH3 is 1. The van der Waals surface area contributed by atoms with E-state index in [1.807, 2.05) is 0 Å². The van der Waals surface area contributed by atoms with Crippen molar-refractivity contribution in [3.05, 3.63) is 17.0 Å². The van der Waals surface area contributed by atoms with Crippen molar-refractivity contribution in [2.45, 2.75) is 10.6 Å². The maximum absolute atomic E-state index is 11.8. The zero-order valence-electron chi connectivity index (χ0n) is 9.30. The SMILES string of the molecule is COCCCNS(=O)(=O)c1ccc(C(N)=S)s1. The molecule has 1 rings (SSSR count). The molecule has 0 spiro atoms. The third kappa shape index (κ3) is 4.32. The molecule has 0 aliphatic heterocycles. The van der Waals surface area contributed by atoms with Crippen molar-refractivity contribution in [3.63, 3.8) is 0 Å². The molecule has 0 atom stereocenters. The van der Waals surface area contributed by atoms with E-state index in [-0.39, 0.29) is 9.20 Å². The standard InChI is InChI=1S/C9H14N2O3S3/c1-14-6-2-5-11-17(12,13)8-4-3-7(16-8)9(10)15/h3-4,11H,2,5-6H2,1H3,(H2,10,15). The number of nitrogens with one attached hydrogen (secondary N) is 1. The number of hydrogen-bond acceptors (Lipinski definition) is 5. The van der Waals surface area contributed by atoms with E-state index in [0.717, 1.165) is 11.3 Å². The van der Waals surface area contributed by atoms with Crippen LogP contribution < -0.4 is 10.5 Å². The summed E-state index contributed by atoms with van der Waals surface area (Å²) in [5, 5.41) is 0. The number of rotatable bonds is 7. The second-order valence-corrected chi connectivity index (χ2v) is 6.74. The van der Waals surface area contributed by atoms with Crippen molar-refractivity contribution < 1.29 is 13.2 Å². The molecule has 17 heavy (non-hydrogen) atoms. The van der Waals surface area contributed by atoms with Crippen LogP contribution >= 0.6 is 23.6 Å². The van der Waals surface area contributed by atoms with Gasteiger partial charge >= 0.3 is 0 Å². The third-order valence-corrected chi connectivity index (χ3v) is 5.33. The lowest BCUT2D eigenvalue weighted by Crippen LogP contribution is -2.24. The summed E-state index contributed by atoms with van der Waals surface area (Å²) in [6.07, 6.45) is 0.628. The molecule has 1 aromatic heterocycles. The topological polar surface area (TPSA) is 81.4 Å². The number of ether oxygens (including phenoxy) is 1. The predicted molar refractivity (Wildman–Crippen MR) is 71.9 cm³/mol. The van der Waals surface area contributed by atoms with Gasteiger partial charge in [-0.1, -0.05) is 12.2 Å². The quantitative estimate of drug-likeness (QED) is 0.571. The Morgan fingerprint density at radius 1 is 1.59 bits per heavy atom. The van der Waals surface area contributed by atoms with Gasteiger partial charge in [0.15, 0.2) is 0 Å². The molecule has 0 aliphatic rings. The van der Waals surface area contributed by atoms with Crippen LogP contribution in [-0.4, -0.2) is 33.7 Å². The Kier molecular flexibility index (Phi) is 5.47. The lowest BCUT2D eigenvalue weighted by molar-refractivity contribution is 0.196. The number of thiophene rings is 1. The molecule has 0 radical (unpaired) electrons. The highest BCUT2D eigenvalue weighted by Crippen LogP contribution is 2.21. The van der Waals surface area contributed by atoms with Crippen LogP contribution in [0.2, 0.25) is 0 Å². The minimum absolute atomic E-state index is 0.204. The van der Waals surface area contributed by atoms with Crippen LogP contribution in [0.25, 0.3) is 0 Å². The molecular weight excluding hydrogens is 280 g/mol. The van der Waals surface area contributed by atoms with Crippen molar-refractivity contribution in [2.75, 3.05) is 20.3 Å². The van der Waals surface area contributed by atoms with Gasteiger partial charge in [0, 0.05) is 20.3 Å². The Hall–Kier alpha value is -0.540. The van der Waals surface area contributed by atoms with Crippen molar-refractivity contribution >= 4 is 38.6 Å². The first kappa shape index (κ1) is 14.5. The molecule has 0 unspecified atom stereocenters. The molecule has 0 bridgehead atoms. The van der Waals surface area contributed by atoms with Crippen LogP contribution in [0.3, 0.4) is 0 Å². The summed E-state index contributed by atoms with van der Waals surface area (Å²) < 4.78 is 31.1. The highest BCUT2D eigenvalue weighted by Gasteiger charge is 2.16. The van der Waals surface area contributed by atoms with E-state index in [9.17, 15) is 8.42 Å². The van der Waals surface area contributed by atoms with Gasteiger partial charge in [0.05, 0.1) is 4.88 Å². The van der Waals surface area contributed by atoms with Crippen LogP contribution in [0.1, 0.15) is 11.3 Å². The Morgan fingerprint density at radius 2 is 2.29 bits per heavy atom. The summed E-state index contributed by atoms with van der Waals surface area (Å²) in [5.74, 6) is 0. The van der Waals surface area contributed by atoms with Crippen LogP contribution in [-0.2, 0) is 14.8 Å². The Bertz CT molecular complexity index is 481. The molecule has 0 amide bonds. The Balaban J connectivity index is 2.66. The average Bonchev–Trinajstić information content (AvgIpc) is 2.74. The Labute approximate surface area is 110 Å². The third-order valence-electron chi connectivity index (χ3n) is 1.91. The van der Waals surface area contributed by atoms with E-state index in [4.69, 9.17) is 22.7 Å². The lowest BCUT2D eigenvalue weighted by atomic mass is 10.5. The maximum atomic E-state index is 11.8. The molecule has 0 aromatic carbocycles. The molecule has 96 valence electrons. The number of nitrogens with two attached hydrogens (primary N) is 1. The van der Waals surface area contributed by atoms with Crippen molar-refractivity contribution in [3.8, 4) is 0 Å². The maximum Gasteiger partial charge on any atom is 0.250 e. The molecule has 1 aromatic rings. The van der Waals surface area contributed by atoms with Gasteiger partial charge in [-0.05, 0) is 18.6 Å². The zero-order valence-corrected chi connectivity index (χ0v) is 11.8. The molecule has 0 fully saturated rings. The van der Waals surface area contributed by atoms with Gasteiger partial charge in [-0.25, -0.2) is 13.1 Å².